The summed E-state index contributed by atoms with van der Waals surface area (Å²) < 4.78 is 13.2. The van der Waals surface area contributed by atoms with E-state index in [4.69, 9.17) is 0 Å². The first-order chi connectivity index (χ1) is 11.6. The number of rotatable bonds is 4. The Morgan fingerprint density at radius 2 is 2.00 bits per heavy atom. The smallest absolute Gasteiger partial charge is 0.223 e. The van der Waals surface area contributed by atoms with Crippen LogP contribution in [0.4, 0.5) is 4.39 Å². The first kappa shape index (κ1) is 16.6. The van der Waals surface area contributed by atoms with Crippen LogP contribution in [0, 0.1) is 12.7 Å². The largest absolute Gasteiger partial charge is 0.334 e. The molecule has 0 bridgehead atoms. The third-order valence-electron chi connectivity index (χ3n) is 4.53. The lowest BCUT2D eigenvalue weighted by atomic mass is 10.0. The van der Waals surface area contributed by atoms with E-state index >= 15 is 0 Å². The summed E-state index contributed by atoms with van der Waals surface area (Å²) in [5.74, 6) is -0.0245. The number of benzene rings is 1. The van der Waals surface area contributed by atoms with Crippen molar-refractivity contribution in [2.75, 3.05) is 6.54 Å². The summed E-state index contributed by atoms with van der Waals surface area (Å²) in [6.45, 7) is 4.80. The molecular formula is C20H23FN2O. The maximum absolute atomic E-state index is 13.2. The summed E-state index contributed by atoms with van der Waals surface area (Å²) in [7, 11) is 0. The molecule has 3 rings (SSSR count). The molecule has 2 aromatic rings. The average Bonchev–Trinajstić information content (AvgIpc) is 3.05. The number of carbonyl (C=O) groups excluding carboxylic acids is 1. The van der Waals surface area contributed by atoms with Gasteiger partial charge in [0, 0.05) is 18.7 Å². The second-order valence-electron chi connectivity index (χ2n) is 6.42. The quantitative estimate of drug-likeness (QED) is 0.818. The fourth-order valence-electron chi connectivity index (χ4n) is 3.40. The van der Waals surface area contributed by atoms with Gasteiger partial charge in [-0.2, -0.15) is 0 Å². The number of aryl methyl sites for hydroxylation is 1. The second-order valence-corrected chi connectivity index (χ2v) is 6.42. The number of hydrogen-bond acceptors (Lipinski definition) is 2. The van der Waals surface area contributed by atoms with E-state index in [1.807, 2.05) is 30.9 Å². The maximum atomic E-state index is 13.2. The zero-order chi connectivity index (χ0) is 17.1. The summed E-state index contributed by atoms with van der Waals surface area (Å²) in [4.78, 5) is 19.0. The molecule has 1 saturated heterocycles. The molecule has 0 radical (unpaired) electrons. The van der Waals surface area contributed by atoms with Gasteiger partial charge in [-0.05, 0) is 61.6 Å². The Labute approximate surface area is 142 Å². The minimum Gasteiger partial charge on any atom is -0.334 e. The van der Waals surface area contributed by atoms with Gasteiger partial charge in [-0.1, -0.05) is 19.1 Å². The van der Waals surface area contributed by atoms with Gasteiger partial charge in [0.05, 0.1) is 11.7 Å². The summed E-state index contributed by atoms with van der Waals surface area (Å²) in [6.07, 6.45) is 3.42. The molecule has 0 saturated carbocycles. The van der Waals surface area contributed by atoms with Crippen LogP contribution in [0.3, 0.4) is 0 Å². The number of pyridine rings is 1. The van der Waals surface area contributed by atoms with Gasteiger partial charge in [-0.25, -0.2) is 4.39 Å². The molecule has 24 heavy (non-hydrogen) atoms. The molecule has 0 spiro atoms. The van der Waals surface area contributed by atoms with Crippen LogP contribution in [0.5, 0.6) is 0 Å². The van der Waals surface area contributed by atoms with Crippen LogP contribution in [-0.2, 0) is 4.79 Å². The molecule has 126 valence electrons. The first-order valence-corrected chi connectivity index (χ1v) is 8.62. The molecular weight excluding hydrogens is 303 g/mol. The van der Waals surface area contributed by atoms with Crippen LogP contribution in [0.1, 0.15) is 50.0 Å². The van der Waals surface area contributed by atoms with E-state index in [9.17, 15) is 9.18 Å². The number of hydrogen-bond donors (Lipinski definition) is 0. The van der Waals surface area contributed by atoms with Gasteiger partial charge in [-0.15, -0.1) is 0 Å². The Morgan fingerprint density at radius 1 is 1.25 bits per heavy atom. The highest BCUT2D eigenvalue weighted by atomic mass is 19.1. The van der Waals surface area contributed by atoms with E-state index in [1.165, 1.54) is 12.1 Å². The summed E-state index contributed by atoms with van der Waals surface area (Å²) in [6, 6.07) is 10.6. The molecule has 1 amide bonds. The predicted molar refractivity (Wildman–Crippen MR) is 93.0 cm³/mol. The Morgan fingerprint density at radius 3 is 2.71 bits per heavy atom. The number of amides is 1. The topological polar surface area (TPSA) is 33.2 Å². The second kappa shape index (κ2) is 7.12. The molecule has 1 fully saturated rings. The number of halogens is 1. The molecule has 0 aliphatic carbocycles. The zero-order valence-electron chi connectivity index (χ0n) is 14.3. The Hall–Kier alpha value is -2.23. The van der Waals surface area contributed by atoms with Crippen molar-refractivity contribution >= 4 is 5.91 Å². The summed E-state index contributed by atoms with van der Waals surface area (Å²) in [5.41, 5.74) is 3.85. The Kier molecular flexibility index (Phi) is 4.93. The highest BCUT2D eigenvalue weighted by molar-refractivity contribution is 5.77. The standard InChI is InChI=1S/C20H23FN2O/c1-3-5-20(24)23-11-4-6-19(23)18-13-16(12-14(2)22-18)15-7-9-17(21)10-8-15/h7-10,12-13,19H,3-6,11H2,1-2H3. The summed E-state index contributed by atoms with van der Waals surface area (Å²) >= 11 is 0. The SMILES string of the molecule is CCCC(=O)N1CCCC1c1cc(-c2ccc(F)cc2)cc(C)n1. The molecule has 3 nitrogen and oxygen atoms in total. The minimum absolute atomic E-state index is 0.0585. The molecule has 2 heterocycles. The van der Waals surface area contributed by atoms with E-state index in [1.54, 1.807) is 12.1 Å². The van der Waals surface area contributed by atoms with Gasteiger partial charge < -0.3 is 4.90 Å². The van der Waals surface area contributed by atoms with Crippen molar-refractivity contribution in [3.63, 3.8) is 0 Å². The van der Waals surface area contributed by atoms with Crippen LogP contribution in [0.2, 0.25) is 0 Å². The number of nitrogens with zero attached hydrogens (tertiary/aromatic N) is 2. The van der Waals surface area contributed by atoms with Crippen molar-refractivity contribution in [3.8, 4) is 11.1 Å². The van der Waals surface area contributed by atoms with Crippen molar-refractivity contribution in [3.05, 3.63) is 53.6 Å². The van der Waals surface area contributed by atoms with Crippen molar-refractivity contribution in [1.29, 1.82) is 0 Å². The predicted octanol–water partition coefficient (Wildman–Crippen LogP) is 4.66. The lowest BCUT2D eigenvalue weighted by Gasteiger charge is -2.25. The third-order valence-corrected chi connectivity index (χ3v) is 4.53. The third kappa shape index (κ3) is 3.48. The fourth-order valence-corrected chi connectivity index (χ4v) is 3.40. The molecule has 1 aliphatic heterocycles. The lowest BCUT2D eigenvalue weighted by molar-refractivity contribution is -0.132. The van der Waals surface area contributed by atoms with Crippen molar-refractivity contribution < 1.29 is 9.18 Å². The molecule has 1 aromatic carbocycles. The zero-order valence-corrected chi connectivity index (χ0v) is 14.3. The molecule has 1 unspecified atom stereocenters. The average molecular weight is 326 g/mol. The van der Waals surface area contributed by atoms with Crippen LogP contribution in [0.15, 0.2) is 36.4 Å². The van der Waals surface area contributed by atoms with Gasteiger partial charge in [0.1, 0.15) is 5.82 Å². The van der Waals surface area contributed by atoms with E-state index in [0.29, 0.717) is 6.42 Å². The molecule has 1 atom stereocenters. The Balaban J connectivity index is 1.93. The normalized spacial score (nSPS) is 17.3. The van der Waals surface area contributed by atoms with Gasteiger partial charge in [0.15, 0.2) is 0 Å². The van der Waals surface area contributed by atoms with E-state index in [-0.39, 0.29) is 17.8 Å². The number of aromatic nitrogens is 1. The van der Waals surface area contributed by atoms with Crippen molar-refractivity contribution in [1.82, 2.24) is 9.88 Å². The number of carbonyl (C=O) groups is 1. The molecule has 1 aromatic heterocycles. The van der Waals surface area contributed by atoms with Crippen molar-refractivity contribution in [2.45, 2.75) is 45.6 Å². The highest BCUT2D eigenvalue weighted by Crippen LogP contribution is 2.33. The first-order valence-electron chi connectivity index (χ1n) is 8.62. The Bertz CT molecular complexity index is 727. The monoisotopic (exact) mass is 326 g/mol. The van der Waals surface area contributed by atoms with E-state index < -0.39 is 0 Å². The van der Waals surface area contributed by atoms with Crippen LogP contribution in [-0.4, -0.2) is 22.3 Å². The fraction of sp³-hybridized carbons (Fsp3) is 0.400. The summed E-state index contributed by atoms with van der Waals surface area (Å²) in [5, 5.41) is 0. The molecule has 0 N–H and O–H groups in total. The van der Waals surface area contributed by atoms with Crippen LogP contribution in [0.25, 0.3) is 11.1 Å². The van der Waals surface area contributed by atoms with Gasteiger partial charge >= 0.3 is 0 Å². The van der Waals surface area contributed by atoms with Gasteiger partial charge in [0.25, 0.3) is 0 Å². The van der Waals surface area contributed by atoms with Crippen LogP contribution >= 0.6 is 0 Å². The minimum atomic E-state index is -0.239. The number of likely N-dealkylation sites (tertiary alicyclic amines) is 1. The van der Waals surface area contributed by atoms with Gasteiger partial charge in [-0.3, -0.25) is 9.78 Å². The maximum Gasteiger partial charge on any atom is 0.223 e. The molecule has 1 aliphatic rings. The highest BCUT2D eigenvalue weighted by Gasteiger charge is 2.30. The lowest BCUT2D eigenvalue weighted by Crippen LogP contribution is -2.30. The van der Waals surface area contributed by atoms with E-state index in [0.717, 1.165) is 48.3 Å². The van der Waals surface area contributed by atoms with Crippen molar-refractivity contribution in [2.24, 2.45) is 0 Å². The van der Waals surface area contributed by atoms with E-state index in [2.05, 4.69) is 4.98 Å². The van der Waals surface area contributed by atoms with Crippen LogP contribution < -0.4 is 0 Å². The van der Waals surface area contributed by atoms with Gasteiger partial charge in [0.2, 0.25) is 5.91 Å². The molecule has 4 heteroatoms.